The fourth-order valence-electron chi connectivity index (χ4n) is 2.86. The van der Waals surface area contributed by atoms with Gasteiger partial charge in [-0.25, -0.2) is 14.4 Å². The van der Waals surface area contributed by atoms with Crippen molar-refractivity contribution in [1.29, 1.82) is 0 Å². The van der Waals surface area contributed by atoms with Gasteiger partial charge in [0.2, 0.25) is 18.1 Å². The van der Waals surface area contributed by atoms with E-state index in [1.54, 1.807) is 29.0 Å². The Morgan fingerprint density at radius 1 is 1.23 bits per heavy atom. The van der Waals surface area contributed by atoms with Crippen LogP contribution < -0.4 is 11.1 Å². The highest BCUT2D eigenvalue weighted by Crippen LogP contribution is 2.29. The summed E-state index contributed by atoms with van der Waals surface area (Å²) in [5.74, 6) is 0.297. The summed E-state index contributed by atoms with van der Waals surface area (Å²) in [5.41, 5.74) is 7.29. The van der Waals surface area contributed by atoms with Gasteiger partial charge in [-0.3, -0.25) is 9.36 Å². The fourth-order valence-corrected chi connectivity index (χ4v) is 2.86. The monoisotopic (exact) mass is 410 g/mol. The lowest BCUT2D eigenvalue weighted by Gasteiger charge is -2.24. The average molecular weight is 410 g/mol. The van der Waals surface area contributed by atoms with Crippen molar-refractivity contribution in [2.45, 2.75) is 6.29 Å². The van der Waals surface area contributed by atoms with Crippen LogP contribution in [0.5, 0.6) is 0 Å². The van der Waals surface area contributed by atoms with Crippen LogP contribution in [0.4, 0.5) is 10.3 Å². The molecule has 0 atom stereocenters. The number of ether oxygens (including phenoxy) is 2. The highest BCUT2D eigenvalue weighted by atomic mass is 19.1. The van der Waals surface area contributed by atoms with Gasteiger partial charge in [0.15, 0.2) is 5.82 Å². The molecule has 0 radical (unpaired) electrons. The third kappa shape index (κ3) is 4.34. The maximum absolute atomic E-state index is 13.3. The Morgan fingerprint density at radius 2 is 1.97 bits per heavy atom. The average Bonchev–Trinajstić information content (AvgIpc) is 3.19. The lowest BCUT2D eigenvalue weighted by molar-refractivity contribution is -0.166. The maximum Gasteiger partial charge on any atom is 0.236 e. The van der Waals surface area contributed by atoms with Gasteiger partial charge in [-0.15, -0.1) is 0 Å². The number of aromatic nitrogens is 4. The summed E-state index contributed by atoms with van der Waals surface area (Å²) in [6.07, 6.45) is 2.55. The lowest BCUT2D eigenvalue weighted by Crippen LogP contribution is -2.24. The third-order valence-electron chi connectivity index (χ3n) is 4.27. The number of amides is 1. The Morgan fingerprint density at radius 3 is 2.67 bits per heavy atom. The zero-order valence-electron chi connectivity index (χ0n) is 15.9. The van der Waals surface area contributed by atoms with E-state index in [-0.39, 0.29) is 18.3 Å². The molecule has 1 aromatic carbocycles. The summed E-state index contributed by atoms with van der Waals surface area (Å²) in [6.45, 7) is 4.44. The van der Waals surface area contributed by atoms with Gasteiger partial charge in [0.25, 0.3) is 0 Å². The van der Waals surface area contributed by atoms with Gasteiger partial charge < -0.3 is 20.5 Å². The van der Waals surface area contributed by atoms with Gasteiger partial charge >= 0.3 is 0 Å². The van der Waals surface area contributed by atoms with Gasteiger partial charge in [0.05, 0.1) is 25.5 Å². The highest BCUT2D eigenvalue weighted by Gasteiger charge is 2.26. The molecular weight excluding hydrogens is 391 g/mol. The van der Waals surface area contributed by atoms with Crippen LogP contribution in [-0.4, -0.2) is 45.2 Å². The molecule has 9 nitrogen and oxygen atoms in total. The van der Waals surface area contributed by atoms with Crippen LogP contribution in [0.3, 0.4) is 0 Å². The molecule has 3 aromatic rings. The predicted octanol–water partition coefficient (Wildman–Crippen LogP) is 1.97. The van der Waals surface area contributed by atoms with Gasteiger partial charge in [-0.05, 0) is 35.9 Å². The first-order valence-corrected chi connectivity index (χ1v) is 9.10. The number of hydrogen-bond acceptors (Lipinski definition) is 7. The minimum Gasteiger partial charge on any atom is -0.368 e. The van der Waals surface area contributed by atoms with Gasteiger partial charge in [0, 0.05) is 18.0 Å². The van der Waals surface area contributed by atoms with Crippen LogP contribution in [0.25, 0.3) is 17.1 Å². The van der Waals surface area contributed by atoms with Crippen molar-refractivity contribution >= 4 is 11.9 Å². The smallest absolute Gasteiger partial charge is 0.236 e. The molecule has 30 heavy (non-hydrogen) atoms. The molecule has 3 heterocycles. The standard InChI is InChI=1S/C20H19FN6O3/c1-12-10-29-19(30-11-12)18-25-15(13-2-4-14(21)5-3-13)9-27(18)17-6-7-23-20(26-17)24-8-16(22)28/h2-7,9,19H,1,8,10-11H2,(H2,22,28)(H,23,24,26). The maximum atomic E-state index is 13.3. The predicted molar refractivity (Wildman–Crippen MR) is 106 cm³/mol. The Balaban J connectivity index is 1.73. The number of nitrogens with one attached hydrogen (secondary N) is 1. The summed E-state index contributed by atoms with van der Waals surface area (Å²) in [6, 6.07) is 7.67. The zero-order valence-corrected chi connectivity index (χ0v) is 15.9. The first-order valence-electron chi connectivity index (χ1n) is 9.10. The molecule has 0 bridgehead atoms. The van der Waals surface area contributed by atoms with Crippen molar-refractivity contribution < 1.29 is 18.7 Å². The quantitative estimate of drug-likeness (QED) is 0.597. The highest BCUT2D eigenvalue weighted by molar-refractivity contribution is 5.78. The summed E-state index contributed by atoms with van der Waals surface area (Å²) in [5, 5.41) is 2.76. The Hall–Kier alpha value is -3.63. The first-order chi connectivity index (χ1) is 14.5. The molecular formula is C20H19FN6O3. The summed E-state index contributed by atoms with van der Waals surface area (Å²) in [4.78, 5) is 24.2. The van der Waals surface area contributed by atoms with Crippen molar-refractivity contribution in [3.05, 3.63) is 66.5 Å². The zero-order chi connectivity index (χ0) is 21.1. The summed E-state index contributed by atoms with van der Waals surface area (Å²) < 4.78 is 26.5. The lowest BCUT2D eigenvalue weighted by atomic mass is 10.2. The molecule has 0 saturated carbocycles. The van der Waals surface area contributed by atoms with E-state index in [1.165, 1.54) is 18.3 Å². The van der Waals surface area contributed by atoms with Gasteiger partial charge in [0.1, 0.15) is 11.6 Å². The molecule has 0 unspecified atom stereocenters. The number of rotatable bonds is 6. The van der Waals surface area contributed by atoms with E-state index in [0.29, 0.717) is 30.5 Å². The minimum atomic E-state index is -0.735. The minimum absolute atomic E-state index is 0.0992. The molecule has 1 fully saturated rings. The molecule has 4 rings (SSSR count). The molecule has 3 N–H and O–H groups in total. The van der Waals surface area contributed by atoms with E-state index in [2.05, 4.69) is 26.8 Å². The normalized spacial score (nSPS) is 14.6. The molecule has 154 valence electrons. The third-order valence-corrected chi connectivity index (χ3v) is 4.27. The number of imidazole rings is 1. The van der Waals surface area contributed by atoms with Crippen molar-refractivity contribution in [3.8, 4) is 17.1 Å². The number of carbonyl (C=O) groups is 1. The molecule has 10 heteroatoms. The Kier molecular flexibility index (Phi) is 5.50. The SMILES string of the molecule is C=C1COC(c2nc(-c3ccc(F)cc3)cn2-c2ccnc(NCC(N)=O)n2)OC1. The van der Waals surface area contributed by atoms with Crippen LogP contribution in [0.1, 0.15) is 12.1 Å². The number of carbonyl (C=O) groups excluding carboxylic acids is 1. The fraction of sp³-hybridized carbons (Fsp3) is 0.200. The molecule has 1 saturated heterocycles. The number of primary amides is 1. The van der Waals surface area contributed by atoms with E-state index in [4.69, 9.17) is 15.2 Å². The van der Waals surface area contributed by atoms with Crippen molar-refractivity contribution in [3.63, 3.8) is 0 Å². The van der Waals surface area contributed by atoms with Crippen LogP contribution in [0.15, 0.2) is 54.9 Å². The van der Waals surface area contributed by atoms with Crippen molar-refractivity contribution in [2.24, 2.45) is 5.73 Å². The van der Waals surface area contributed by atoms with Gasteiger partial charge in [-0.2, -0.15) is 4.98 Å². The van der Waals surface area contributed by atoms with E-state index in [0.717, 1.165) is 11.1 Å². The Bertz CT molecular complexity index is 1070. The van der Waals surface area contributed by atoms with Crippen LogP contribution in [0, 0.1) is 5.82 Å². The van der Waals surface area contributed by atoms with E-state index >= 15 is 0 Å². The largest absolute Gasteiger partial charge is 0.368 e. The first kappa shape index (κ1) is 19.7. The van der Waals surface area contributed by atoms with E-state index in [9.17, 15) is 9.18 Å². The summed E-state index contributed by atoms with van der Waals surface area (Å²) in [7, 11) is 0. The second-order valence-corrected chi connectivity index (χ2v) is 6.62. The number of nitrogens with zero attached hydrogens (tertiary/aromatic N) is 4. The van der Waals surface area contributed by atoms with Gasteiger partial charge in [-0.1, -0.05) is 6.58 Å². The number of benzene rings is 1. The molecule has 0 aliphatic carbocycles. The molecule has 1 aliphatic rings. The van der Waals surface area contributed by atoms with Crippen LogP contribution in [0.2, 0.25) is 0 Å². The van der Waals surface area contributed by atoms with Crippen LogP contribution >= 0.6 is 0 Å². The molecule has 1 aliphatic heterocycles. The number of nitrogens with two attached hydrogens (primary N) is 1. The van der Waals surface area contributed by atoms with E-state index < -0.39 is 12.2 Å². The number of hydrogen-bond donors (Lipinski definition) is 2. The van der Waals surface area contributed by atoms with Crippen molar-refractivity contribution in [1.82, 2.24) is 19.5 Å². The van der Waals surface area contributed by atoms with E-state index in [1.807, 2.05) is 0 Å². The molecule has 1 amide bonds. The number of anilines is 1. The Labute approximate surface area is 171 Å². The molecule has 2 aromatic heterocycles. The van der Waals surface area contributed by atoms with Crippen molar-refractivity contribution in [2.75, 3.05) is 25.1 Å². The second kappa shape index (κ2) is 8.39. The molecule has 0 spiro atoms. The number of halogens is 1. The second-order valence-electron chi connectivity index (χ2n) is 6.62. The van der Waals surface area contributed by atoms with Crippen LogP contribution in [-0.2, 0) is 14.3 Å². The summed E-state index contributed by atoms with van der Waals surface area (Å²) >= 11 is 0. The topological polar surface area (TPSA) is 117 Å².